The number of benzene rings is 3. The van der Waals surface area contributed by atoms with Gasteiger partial charge in [0.15, 0.2) is 11.0 Å². The number of aromatic nitrogens is 3. The Kier molecular flexibility index (Phi) is 9.28. The molecule has 1 saturated heterocycles. The van der Waals surface area contributed by atoms with E-state index in [1.807, 2.05) is 56.3 Å². The molecule has 3 amide bonds. The van der Waals surface area contributed by atoms with Crippen molar-refractivity contribution in [1.29, 1.82) is 0 Å². The molecule has 1 aliphatic heterocycles. The lowest BCUT2D eigenvalue weighted by Gasteiger charge is -2.24. The first-order valence-electron chi connectivity index (χ1n) is 14.2. The van der Waals surface area contributed by atoms with E-state index in [0.29, 0.717) is 23.1 Å². The maximum Gasteiger partial charge on any atom is 0.573 e. The highest BCUT2D eigenvalue weighted by molar-refractivity contribution is 8.15. The molecule has 0 spiro atoms. The SMILES string of the molecule is Cc1cccc(C(C)C)c1N1C(=O)CSC1=NC(=O)N[C@@H](C)Cc1ccc(-c2ncn(-c3ccc(OC(F)(F)F)cc3)n2)cc1. The van der Waals surface area contributed by atoms with Crippen LogP contribution in [0.1, 0.15) is 43.4 Å². The van der Waals surface area contributed by atoms with Gasteiger partial charge in [0.25, 0.3) is 0 Å². The predicted octanol–water partition coefficient (Wildman–Crippen LogP) is 7.04. The van der Waals surface area contributed by atoms with Crippen LogP contribution in [-0.2, 0) is 11.2 Å². The number of rotatable bonds is 8. The molecule has 0 aliphatic carbocycles. The summed E-state index contributed by atoms with van der Waals surface area (Å²) in [7, 11) is 0. The van der Waals surface area contributed by atoms with Gasteiger partial charge in [0, 0.05) is 11.6 Å². The first-order valence-corrected chi connectivity index (χ1v) is 15.2. The quantitative estimate of drug-likeness (QED) is 0.223. The third-order valence-corrected chi connectivity index (χ3v) is 7.95. The average Bonchev–Trinajstić information content (AvgIpc) is 3.60. The number of para-hydroxylation sites is 1. The molecule has 1 N–H and O–H groups in total. The molecule has 4 aromatic rings. The predicted molar refractivity (Wildman–Crippen MR) is 168 cm³/mol. The standard InChI is InChI=1S/C32H31F3N6O3S/c1-19(2)26-7-5-6-20(3)28(26)41-27(42)17-45-31(41)38-30(43)37-21(4)16-22-8-10-23(11-9-22)29-36-18-40(39-29)24-12-14-25(15-13-24)44-32(33,34)35/h5-15,18-19,21H,16-17H2,1-4H3,(H,37,43)/t21-/m0/s1. The Balaban J connectivity index is 1.21. The third-order valence-electron chi connectivity index (χ3n) is 7.03. The van der Waals surface area contributed by atoms with E-state index in [2.05, 4.69) is 39.0 Å². The summed E-state index contributed by atoms with van der Waals surface area (Å²) >= 11 is 1.25. The van der Waals surface area contributed by atoms with Crippen molar-refractivity contribution in [3.05, 3.63) is 89.7 Å². The van der Waals surface area contributed by atoms with Gasteiger partial charge in [0.2, 0.25) is 5.91 Å². The Morgan fingerprint density at radius 3 is 2.44 bits per heavy atom. The first kappa shape index (κ1) is 31.8. The summed E-state index contributed by atoms with van der Waals surface area (Å²) in [6.45, 7) is 7.96. The molecule has 45 heavy (non-hydrogen) atoms. The molecule has 13 heteroatoms. The zero-order valence-corrected chi connectivity index (χ0v) is 25.8. The van der Waals surface area contributed by atoms with Gasteiger partial charge in [-0.3, -0.25) is 9.69 Å². The van der Waals surface area contributed by atoms with Crippen molar-refractivity contribution < 1.29 is 27.5 Å². The fourth-order valence-corrected chi connectivity index (χ4v) is 5.81. The Morgan fingerprint density at radius 2 is 1.78 bits per heavy atom. The minimum atomic E-state index is -4.76. The molecule has 9 nitrogen and oxygen atoms in total. The summed E-state index contributed by atoms with van der Waals surface area (Å²) in [5.74, 6) is 0.419. The maximum absolute atomic E-state index is 12.9. The van der Waals surface area contributed by atoms with Crippen molar-refractivity contribution in [2.24, 2.45) is 4.99 Å². The number of halogens is 3. The molecule has 3 aromatic carbocycles. The smallest absolute Gasteiger partial charge is 0.406 e. The van der Waals surface area contributed by atoms with E-state index in [4.69, 9.17) is 0 Å². The van der Waals surface area contributed by atoms with Crippen LogP contribution in [0, 0.1) is 6.92 Å². The lowest BCUT2D eigenvalue weighted by molar-refractivity contribution is -0.274. The van der Waals surface area contributed by atoms with E-state index in [-0.39, 0.29) is 29.4 Å². The van der Waals surface area contributed by atoms with Crippen LogP contribution in [0.15, 0.2) is 78.0 Å². The molecule has 1 aliphatic rings. The molecular weight excluding hydrogens is 605 g/mol. The maximum atomic E-state index is 12.9. The number of hydrogen-bond donors (Lipinski definition) is 1. The molecule has 1 atom stereocenters. The number of nitrogens with zero attached hydrogens (tertiary/aromatic N) is 5. The Morgan fingerprint density at radius 1 is 1.07 bits per heavy atom. The number of nitrogens with one attached hydrogen (secondary N) is 1. The van der Waals surface area contributed by atoms with E-state index in [1.54, 1.807) is 4.90 Å². The molecule has 0 unspecified atom stereocenters. The van der Waals surface area contributed by atoms with Gasteiger partial charge in [0.1, 0.15) is 12.1 Å². The van der Waals surface area contributed by atoms with E-state index in [9.17, 15) is 22.8 Å². The number of amidine groups is 1. The number of anilines is 1. The minimum Gasteiger partial charge on any atom is -0.406 e. The van der Waals surface area contributed by atoms with Crippen LogP contribution >= 0.6 is 11.8 Å². The summed E-state index contributed by atoms with van der Waals surface area (Å²) in [5, 5.41) is 7.69. The second kappa shape index (κ2) is 13.1. The highest BCUT2D eigenvalue weighted by Crippen LogP contribution is 2.36. The van der Waals surface area contributed by atoms with Gasteiger partial charge in [-0.05, 0) is 67.1 Å². The molecular formula is C32H31F3N6O3S. The molecule has 1 fully saturated rings. The molecule has 5 rings (SSSR count). The zero-order chi connectivity index (χ0) is 32.3. The number of carbonyl (C=O) groups excluding carboxylic acids is 2. The van der Waals surface area contributed by atoms with Crippen molar-refractivity contribution >= 4 is 34.6 Å². The summed E-state index contributed by atoms with van der Waals surface area (Å²) in [5.41, 5.74) is 4.99. The minimum absolute atomic E-state index is 0.108. The largest absolute Gasteiger partial charge is 0.573 e. The van der Waals surface area contributed by atoms with Gasteiger partial charge >= 0.3 is 12.4 Å². The number of hydrogen-bond acceptors (Lipinski definition) is 6. The van der Waals surface area contributed by atoms with Gasteiger partial charge in [0.05, 0.1) is 17.1 Å². The van der Waals surface area contributed by atoms with Crippen LogP contribution in [0.3, 0.4) is 0 Å². The second-order valence-corrected chi connectivity index (χ2v) is 11.8. The summed E-state index contributed by atoms with van der Waals surface area (Å²) in [6.07, 6.45) is -2.75. The van der Waals surface area contributed by atoms with Crippen LogP contribution < -0.4 is 15.0 Å². The average molecular weight is 637 g/mol. The van der Waals surface area contributed by atoms with Crippen LogP contribution in [0.4, 0.5) is 23.7 Å². The third kappa shape index (κ3) is 7.72. The molecule has 0 saturated carbocycles. The van der Waals surface area contributed by atoms with Crippen LogP contribution in [0.5, 0.6) is 5.75 Å². The first-order chi connectivity index (χ1) is 21.4. The Bertz CT molecular complexity index is 1720. The summed E-state index contributed by atoms with van der Waals surface area (Å²) in [6, 6.07) is 18.0. The highest BCUT2D eigenvalue weighted by Gasteiger charge is 2.33. The van der Waals surface area contributed by atoms with Crippen molar-refractivity contribution in [2.45, 2.75) is 52.4 Å². The monoisotopic (exact) mass is 636 g/mol. The molecule has 1 aromatic heterocycles. The lowest BCUT2D eigenvalue weighted by atomic mass is 9.97. The Hall–Kier alpha value is -4.65. The Labute approximate surface area is 262 Å². The van der Waals surface area contributed by atoms with Crippen molar-refractivity contribution in [3.8, 4) is 22.8 Å². The number of thioether (sulfide) groups is 1. The van der Waals surface area contributed by atoms with Crippen molar-refractivity contribution in [1.82, 2.24) is 20.1 Å². The normalized spacial score (nSPS) is 15.2. The number of aryl methyl sites for hydroxylation is 1. The molecule has 2 heterocycles. The fraction of sp³-hybridized carbons (Fsp3) is 0.281. The number of aliphatic imine (C=N–C) groups is 1. The fourth-order valence-electron chi connectivity index (χ4n) is 4.96. The zero-order valence-electron chi connectivity index (χ0n) is 25.0. The number of carbonyl (C=O) groups is 2. The van der Waals surface area contributed by atoms with Gasteiger partial charge < -0.3 is 10.1 Å². The number of urea groups is 1. The topological polar surface area (TPSA) is 102 Å². The van der Waals surface area contributed by atoms with E-state index >= 15 is 0 Å². The van der Waals surface area contributed by atoms with Crippen LogP contribution in [0.25, 0.3) is 17.1 Å². The van der Waals surface area contributed by atoms with E-state index in [0.717, 1.165) is 27.9 Å². The van der Waals surface area contributed by atoms with Crippen LogP contribution in [0.2, 0.25) is 0 Å². The summed E-state index contributed by atoms with van der Waals surface area (Å²) < 4.78 is 42.6. The van der Waals surface area contributed by atoms with Gasteiger partial charge in [-0.1, -0.05) is 68.1 Å². The second-order valence-electron chi connectivity index (χ2n) is 10.9. The van der Waals surface area contributed by atoms with Crippen molar-refractivity contribution in [3.63, 3.8) is 0 Å². The molecule has 234 valence electrons. The van der Waals surface area contributed by atoms with Gasteiger partial charge in [-0.2, -0.15) is 4.99 Å². The number of alkyl halides is 3. The van der Waals surface area contributed by atoms with E-state index in [1.165, 1.54) is 47.0 Å². The summed E-state index contributed by atoms with van der Waals surface area (Å²) in [4.78, 5) is 35.9. The lowest BCUT2D eigenvalue weighted by Crippen LogP contribution is -2.35. The van der Waals surface area contributed by atoms with Gasteiger partial charge in [-0.15, -0.1) is 18.3 Å². The van der Waals surface area contributed by atoms with Crippen LogP contribution in [-0.4, -0.2) is 50.0 Å². The molecule has 0 radical (unpaired) electrons. The number of amides is 3. The van der Waals surface area contributed by atoms with Gasteiger partial charge in [-0.25, -0.2) is 14.5 Å². The number of ether oxygens (including phenoxy) is 1. The van der Waals surface area contributed by atoms with E-state index < -0.39 is 12.4 Å². The highest BCUT2D eigenvalue weighted by atomic mass is 32.2. The van der Waals surface area contributed by atoms with Crippen molar-refractivity contribution in [2.75, 3.05) is 10.7 Å². The molecule has 0 bridgehead atoms.